The summed E-state index contributed by atoms with van der Waals surface area (Å²) in [5.41, 5.74) is 2.28. The molecule has 0 aliphatic rings. The van der Waals surface area contributed by atoms with Crippen molar-refractivity contribution in [3.63, 3.8) is 0 Å². The van der Waals surface area contributed by atoms with E-state index in [2.05, 4.69) is 0 Å². The Balaban J connectivity index is 2.28. The van der Waals surface area contributed by atoms with Crippen LogP contribution in [0, 0.1) is 17.0 Å². The van der Waals surface area contributed by atoms with E-state index < -0.39 is 16.9 Å². The van der Waals surface area contributed by atoms with Crippen molar-refractivity contribution in [2.24, 2.45) is 0 Å². The maximum Gasteiger partial charge on any atom is 0.404 e. The molecule has 0 atom stereocenters. The zero-order chi connectivity index (χ0) is 21.8. The number of hydrogen-bond donors (Lipinski definition) is 1. The van der Waals surface area contributed by atoms with E-state index in [1.165, 1.54) is 34.9 Å². The zero-order valence-electron chi connectivity index (χ0n) is 16.4. The SMILES string of the molecule is CCOC(=O)c1cc(-c2ccc(C)cc2)cc(C(=O)O)[n+]1-c1ccc([N+](=O)[O-])cc1. The summed E-state index contributed by atoms with van der Waals surface area (Å²) >= 11 is 0. The van der Waals surface area contributed by atoms with Crippen molar-refractivity contribution >= 4 is 17.6 Å². The van der Waals surface area contributed by atoms with Gasteiger partial charge in [0.15, 0.2) is 0 Å². The average molecular weight is 407 g/mol. The van der Waals surface area contributed by atoms with Gasteiger partial charge in [0, 0.05) is 36.4 Å². The maximum absolute atomic E-state index is 12.7. The molecule has 0 bridgehead atoms. The van der Waals surface area contributed by atoms with Crippen molar-refractivity contribution in [2.75, 3.05) is 6.61 Å². The summed E-state index contributed by atoms with van der Waals surface area (Å²) in [6.07, 6.45) is 0. The summed E-state index contributed by atoms with van der Waals surface area (Å²) in [5.74, 6) is -1.96. The van der Waals surface area contributed by atoms with E-state index >= 15 is 0 Å². The maximum atomic E-state index is 12.7. The highest BCUT2D eigenvalue weighted by atomic mass is 16.6. The number of rotatable bonds is 6. The average Bonchev–Trinajstić information content (AvgIpc) is 2.73. The fourth-order valence-corrected chi connectivity index (χ4v) is 3.02. The van der Waals surface area contributed by atoms with Gasteiger partial charge in [-0.25, -0.2) is 9.59 Å². The lowest BCUT2D eigenvalue weighted by molar-refractivity contribution is -0.601. The van der Waals surface area contributed by atoms with Gasteiger partial charge in [0.25, 0.3) is 17.1 Å². The number of aromatic nitrogens is 1. The van der Waals surface area contributed by atoms with Crippen LogP contribution < -0.4 is 4.57 Å². The van der Waals surface area contributed by atoms with Gasteiger partial charge in [0.05, 0.1) is 11.5 Å². The minimum Gasteiger partial charge on any atom is -0.473 e. The topological polar surface area (TPSA) is 111 Å². The number of benzene rings is 2. The number of hydrogen-bond acceptors (Lipinski definition) is 5. The Hall–Kier alpha value is -4.07. The Bertz CT molecular complexity index is 1120. The number of aromatic carboxylic acids is 1. The molecule has 1 N–H and O–H groups in total. The highest BCUT2D eigenvalue weighted by Crippen LogP contribution is 2.23. The first-order chi connectivity index (χ1) is 14.3. The minimum atomic E-state index is -1.26. The number of non-ortho nitro benzene ring substituents is 1. The van der Waals surface area contributed by atoms with Crippen LogP contribution in [-0.4, -0.2) is 28.6 Å². The molecule has 8 nitrogen and oxygen atoms in total. The third-order valence-corrected chi connectivity index (χ3v) is 4.47. The smallest absolute Gasteiger partial charge is 0.404 e. The van der Waals surface area contributed by atoms with Crippen LogP contribution >= 0.6 is 0 Å². The molecule has 30 heavy (non-hydrogen) atoms. The number of aryl methyl sites for hydroxylation is 1. The van der Waals surface area contributed by atoms with Crippen molar-refractivity contribution in [3.05, 3.63) is 87.7 Å². The van der Waals surface area contributed by atoms with E-state index in [0.29, 0.717) is 5.56 Å². The molecule has 0 spiro atoms. The molecule has 3 aromatic rings. The molecule has 3 rings (SSSR count). The van der Waals surface area contributed by atoms with Crippen LogP contribution in [0.15, 0.2) is 60.7 Å². The second-order valence-electron chi connectivity index (χ2n) is 6.52. The fraction of sp³-hybridized carbons (Fsp3) is 0.136. The first kappa shape index (κ1) is 20.7. The zero-order valence-corrected chi connectivity index (χ0v) is 16.4. The predicted molar refractivity (Wildman–Crippen MR) is 108 cm³/mol. The molecule has 0 saturated carbocycles. The molecule has 1 heterocycles. The Morgan fingerprint density at radius 1 is 1.00 bits per heavy atom. The third-order valence-electron chi connectivity index (χ3n) is 4.47. The number of carbonyl (C=O) groups is 2. The minimum absolute atomic E-state index is 0.00109. The van der Waals surface area contributed by atoms with Crippen molar-refractivity contribution in [2.45, 2.75) is 13.8 Å². The van der Waals surface area contributed by atoms with Gasteiger partial charge < -0.3 is 9.84 Å². The van der Waals surface area contributed by atoms with Crippen molar-refractivity contribution in [1.29, 1.82) is 0 Å². The van der Waals surface area contributed by atoms with Crippen LogP contribution in [0.1, 0.15) is 33.5 Å². The Morgan fingerprint density at radius 3 is 2.13 bits per heavy atom. The molecule has 0 unspecified atom stereocenters. The summed E-state index contributed by atoms with van der Waals surface area (Å²) in [5, 5.41) is 20.8. The molecule has 0 fully saturated rings. The quantitative estimate of drug-likeness (QED) is 0.289. The lowest BCUT2D eigenvalue weighted by Crippen LogP contribution is -2.44. The Kier molecular flexibility index (Phi) is 5.87. The van der Waals surface area contributed by atoms with Crippen LogP contribution in [0.5, 0.6) is 0 Å². The highest BCUT2D eigenvalue weighted by Gasteiger charge is 2.32. The molecule has 0 aliphatic carbocycles. The molecular formula is C22H19N2O6+. The van der Waals surface area contributed by atoms with Crippen LogP contribution in [0.4, 0.5) is 5.69 Å². The van der Waals surface area contributed by atoms with E-state index in [9.17, 15) is 24.8 Å². The molecule has 0 saturated heterocycles. The number of carbonyl (C=O) groups excluding carboxylic acids is 1. The van der Waals surface area contributed by atoms with Gasteiger partial charge in [-0.3, -0.25) is 10.1 Å². The molecule has 0 radical (unpaired) electrons. The monoisotopic (exact) mass is 407 g/mol. The number of carboxylic acids is 1. The van der Waals surface area contributed by atoms with E-state index in [1.54, 1.807) is 13.0 Å². The van der Waals surface area contributed by atoms with Crippen LogP contribution in [0.25, 0.3) is 16.8 Å². The van der Waals surface area contributed by atoms with Gasteiger partial charge in [-0.2, -0.15) is 0 Å². The van der Waals surface area contributed by atoms with Crippen LogP contribution in [-0.2, 0) is 4.74 Å². The number of carboxylic acid groups (broad SMARTS) is 1. The van der Waals surface area contributed by atoms with Crippen molar-refractivity contribution in [1.82, 2.24) is 0 Å². The lowest BCUT2D eigenvalue weighted by Gasteiger charge is -2.09. The van der Waals surface area contributed by atoms with E-state index in [0.717, 1.165) is 11.1 Å². The van der Waals surface area contributed by atoms with Gasteiger partial charge in [-0.15, -0.1) is 4.57 Å². The van der Waals surface area contributed by atoms with Crippen LogP contribution in [0.3, 0.4) is 0 Å². The Morgan fingerprint density at radius 2 is 1.60 bits per heavy atom. The summed E-state index contributed by atoms with van der Waals surface area (Å²) in [7, 11) is 0. The standard InChI is InChI=1S/C22H18N2O6/c1-3-30-22(27)20-13-16(15-6-4-14(2)5-7-15)12-19(21(25)26)23(20)17-8-10-18(11-9-17)24(28)29/h4-13H,3H2,1-2H3/p+1. The molecule has 2 aromatic carbocycles. The highest BCUT2D eigenvalue weighted by molar-refractivity contribution is 5.91. The summed E-state index contributed by atoms with van der Waals surface area (Å²) in [6.45, 7) is 3.69. The second-order valence-corrected chi connectivity index (χ2v) is 6.52. The molecule has 152 valence electrons. The van der Waals surface area contributed by atoms with Gasteiger partial charge in [-0.05, 0) is 25.0 Å². The number of nitrogens with zero attached hydrogens (tertiary/aromatic N) is 2. The largest absolute Gasteiger partial charge is 0.473 e. The number of nitro groups is 1. The normalized spacial score (nSPS) is 10.5. The molecule has 8 heteroatoms. The molecule has 0 amide bonds. The van der Waals surface area contributed by atoms with Gasteiger partial charge >= 0.3 is 11.9 Å². The van der Waals surface area contributed by atoms with Crippen LogP contribution in [0.2, 0.25) is 0 Å². The number of pyridine rings is 1. The molecule has 1 aromatic heterocycles. The predicted octanol–water partition coefficient (Wildman–Crippen LogP) is 3.72. The fourth-order valence-electron chi connectivity index (χ4n) is 3.02. The number of esters is 1. The van der Waals surface area contributed by atoms with Gasteiger partial charge in [0.1, 0.15) is 0 Å². The van der Waals surface area contributed by atoms with Crippen molar-refractivity contribution in [3.8, 4) is 16.8 Å². The second kappa shape index (κ2) is 8.52. The summed E-state index contributed by atoms with van der Waals surface area (Å²) in [4.78, 5) is 35.1. The van der Waals surface area contributed by atoms with Gasteiger partial charge in [-0.1, -0.05) is 29.8 Å². The first-order valence-corrected chi connectivity index (χ1v) is 9.14. The third kappa shape index (κ3) is 4.17. The molecular weight excluding hydrogens is 388 g/mol. The van der Waals surface area contributed by atoms with Crippen molar-refractivity contribution < 1.29 is 28.9 Å². The molecule has 0 aliphatic heterocycles. The van der Waals surface area contributed by atoms with Gasteiger partial charge in [0.2, 0.25) is 5.69 Å². The number of nitro benzene ring substituents is 1. The first-order valence-electron chi connectivity index (χ1n) is 9.14. The van der Waals surface area contributed by atoms with E-state index in [4.69, 9.17) is 4.74 Å². The summed E-state index contributed by atoms with van der Waals surface area (Å²) in [6, 6.07) is 15.7. The van der Waals surface area contributed by atoms with E-state index in [-0.39, 0.29) is 29.4 Å². The van der Waals surface area contributed by atoms with E-state index in [1.807, 2.05) is 31.2 Å². The lowest BCUT2D eigenvalue weighted by atomic mass is 10.0. The summed E-state index contributed by atoms with van der Waals surface area (Å²) < 4.78 is 6.36. The number of ether oxygens (including phenoxy) is 1. The Labute approximate surface area is 172 Å².